The van der Waals surface area contributed by atoms with Crippen LogP contribution in [0.15, 0.2) is 83.8 Å². The first-order valence-corrected chi connectivity index (χ1v) is 11.2. The predicted octanol–water partition coefficient (Wildman–Crippen LogP) is 5.61. The van der Waals surface area contributed by atoms with Gasteiger partial charge in [-0.1, -0.05) is 72.3 Å². The summed E-state index contributed by atoms with van der Waals surface area (Å²) < 4.78 is 5.70. The van der Waals surface area contributed by atoms with Crippen molar-refractivity contribution in [2.24, 2.45) is 0 Å². The number of carbonyl (C=O) groups excluding carboxylic acids is 2. The number of ether oxygens (including phenoxy) is 1. The molecule has 0 spiro atoms. The number of imide groups is 1. The summed E-state index contributed by atoms with van der Waals surface area (Å²) in [6.45, 7) is 4.32. The van der Waals surface area contributed by atoms with Crippen LogP contribution in [0, 0.1) is 6.92 Å². The molecule has 0 fully saturated rings. The molecule has 0 atom stereocenters. The SMILES string of the molecule is CCOc1ccccc1N1C(=O)C(SCc2ccccc2)=C(c2ccc(C)cc2)C1=O. The second-order valence-corrected chi connectivity index (χ2v) is 8.18. The second kappa shape index (κ2) is 9.23. The minimum Gasteiger partial charge on any atom is -0.492 e. The number of para-hydroxylation sites is 2. The van der Waals surface area contributed by atoms with Gasteiger partial charge in [0.25, 0.3) is 11.8 Å². The maximum atomic E-state index is 13.6. The van der Waals surface area contributed by atoms with Crippen LogP contribution in [0.5, 0.6) is 5.75 Å². The van der Waals surface area contributed by atoms with Gasteiger partial charge in [-0.15, -0.1) is 11.8 Å². The van der Waals surface area contributed by atoms with Gasteiger partial charge in [-0.3, -0.25) is 9.59 Å². The molecule has 2 amide bonds. The standard InChI is InChI=1S/C26H23NO3S/c1-3-30-22-12-8-7-11-21(22)27-25(28)23(20-15-13-18(2)14-16-20)24(26(27)29)31-17-19-9-5-4-6-10-19/h4-16H,3,17H2,1-2H3. The number of thioether (sulfide) groups is 1. The van der Waals surface area contributed by atoms with Crippen molar-refractivity contribution < 1.29 is 14.3 Å². The molecule has 1 aliphatic heterocycles. The van der Waals surface area contributed by atoms with E-state index in [0.29, 0.717) is 34.3 Å². The van der Waals surface area contributed by atoms with E-state index in [1.165, 1.54) is 16.7 Å². The molecule has 0 saturated heterocycles. The summed E-state index contributed by atoms with van der Waals surface area (Å²) in [4.78, 5) is 28.8. The van der Waals surface area contributed by atoms with E-state index in [1.54, 1.807) is 18.2 Å². The highest BCUT2D eigenvalue weighted by molar-refractivity contribution is 8.03. The van der Waals surface area contributed by atoms with Crippen molar-refractivity contribution in [3.05, 3.63) is 100 Å². The molecule has 31 heavy (non-hydrogen) atoms. The van der Waals surface area contributed by atoms with Gasteiger partial charge in [0.15, 0.2) is 0 Å². The number of carbonyl (C=O) groups is 2. The van der Waals surface area contributed by atoms with Gasteiger partial charge >= 0.3 is 0 Å². The highest BCUT2D eigenvalue weighted by Gasteiger charge is 2.41. The summed E-state index contributed by atoms with van der Waals surface area (Å²) in [6, 6.07) is 24.8. The average Bonchev–Trinajstić information content (AvgIpc) is 3.03. The molecule has 0 radical (unpaired) electrons. The van der Waals surface area contributed by atoms with Crippen LogP contribution in [0.25, 0.3) is 5.57 Å². The van der Waals surface area contributed by atoms with Gasteiger partial charge in [0.05, 0.1) is 22.8 Å². The van der Waals surface area contributed by atoms with Crippen LogP contribution < -0.4 is 9.64 Å². The molecule has 0 unspecified atom stereocenters. The Labute approximate surface area is 186 Å². The molecule has 156 valence electrons. The number of hydrogen-bond acceptors (Lipinski definition) is 4. The number of aryl methyl sites for hydroxylation is 1. The molecule has 4 rings (SSSR count). The van der Waals surface area contributed by atoms with Gasteiger partial charge < -0.3 is 4.74 Å². The van der Waals surface area contributed by atoms with Crippen molar-refractivity contribution in [3.8, 4) is 5.75 Å². The Bertz CT molecular complexity index is 1140. The summed E-state index contributed by atoms with van der Waals surface area (Å²) in [6.07, 6.45) is 0. The zero-order valence-corrected chi connectivity index (χ0v) is 18.3. The normalized spacial score (nSPS) is 13.8. The molecular weight excluding hydrogens is 406 g/mol. The zero-order valence-electron chi connectivity index (χ0n) is 17.5. The Balaban J connectivity index is 1.76. The van der Waals surface area contributed by atoms with Crippen molar-refractivity contribution >= 4 is 34.8 Å². The fourth-order valence-electron chi connectivity index (χ4n) is 3.49. The van der Waals surface area contributed by atoms with Crippen molar-refractivity contribution in [3.63, 3.8) is 0 Å². The average molecular weight is 430 g/mol. The lowest BCUT2D eigenvalue weighted by Crippen LogP contribution is -2.31. The fourth-order valence-corrected chi connectivity index (χ4v) is 4.55. The molecule has 0 aliphatic carbocycles. The van der Waals surface area contributed by atoms with E-state index in [-0.39, 0.29) is 11.8 Å². The summed E-state index contributed by atoms with van der Waals surface area (Å²) in [7, 11) is 0. The number of rotatable bonds is 7. The molecule has 3 aromatic carbocycles. The smallest absolute Gasteiger partial charge is 0.272 e. The maximum absolute atomic E-state index is 13.6. The van der Waals surface area contributed by atoms with Gasteiger partial charge in [-0.05, 0) is 37.1 Å². The minimum absolute atomic E-state index is 0.311. The summed E-state index contributed by atoms with van der Waals surface area (Å²) in [5.41, 5.74) is 3.85. The molecular formula is C26H23NO3S. The third kappa shape index (κ3) is 4.28. The lowest BCUT2D eigenvalue weighted by molar-refractivity contribution is -0.119. The maximum Gasteiger partial charge on any atom is 0.272 e. The molecule has 1 aliphatic rings. The largest absolute Gasteiger partial charge is 0.492 e. The first-order chi connectivity index (χ1) is 15.1. The van der Waals surface area contributed by atoms with Crippen LogP contribution in [-0.4, -0.2) is 18.4 Å². The van der Waals surface area contributed by atoms with Crippen molar-refractivity contribution in [1.82, 2.24) is 0 Å². The molecule has 4 nitrogen and oxygen atoms in total. The lowest BCUT2D eigenvalue weighted by atomic mass is 10.0. The lowest BCUT2D eigenvalue weighted by Gasteiger charge is -2.18. The first-order valence-electron chi connectivity index (χ1n) is 10.2. The van der Waals surface area contributed by atoms with Crippen molar-refractivity contribution in [2.45, 2.75) is 19.6 Å². The van der Waals surface area contributed by atoms with E-state index < -0.39 is 0 Å². The molecule has 3 aromatic rings. The van der Waals surface area contributed by atoms with Crippen LogP contribution in [0.3, 0.4) is 0 Å². The van der Waals surface area contributed by atoms with Gasteiger partial charge in [0.2, 0.25) is 0 Å². The Kier molecular flexibility index (Phi) is 6.23. The zero-order chi connectivity index (χ0) is 21.8. The summed E-state index contributed by atoms with van der Waals surface area (Å²) in [5, 5.41) is 0. The quantitative estimate of drug-likeness (QED) is 0.458. The third-order valence-electron chi connectivity index (χ3n) is 5.01. The number of hydrogen-bond donors (Lipinski definition) is 0. The molecule has 0 saturated carbocycles. The Hall–Kier alpha value is -3.31. The van der Waals surface area contributed by atoms with Crippen LogP contribution in [0.1, 0.15) is 23.6 Å². The number of anilines is 1. The monoisotopic (exact) mass is 429 g/mol. The van der Waals surface area contributed by atoms with E-state index in [9.17, 15) is 9.59 Å². The summed E-state index contributed by atoms with van der Waals surface area (Å²) in [5.74, 6) is 0.486. The topological polar surface area (TPSA) is 46.6 Å². The molecule has 1 heterocycles. The first kappa shape index (κ1) is 20.9. The molecule has 0 bridgehead atoms. The Morgan fingerprint density at radius 2 is 1.52 bits per heavy atom. The van der Waals surface area contributed by atoms with E-state index >= 15 is 0 Å². The van der Waals surface area contributed by atoms with Crippen LogP contribution in [-0.2, 0) is 15.3 Å². The molecule has 5 heteroatoms. The van der Waals surface area contributed by atoms with Gasteiger partial charge in [-0.2, -0.15) is 0 Å². The molecule has 0 aromatic heterocycles. The van der Waals surface area contributed by atoms with Gasteiger partial charge in [0, 0.05) is 5.75 Å². The van der Waals surface area contributed by atoms with E-state index in [1.807, 2.05) is 74.5 Å². The van der Waals surface area contributed by atoms with E-state index in [4.69, 9.17) is 4.74 Å². The second-order valence-electron chi connectivity index (χ2n) is 7.19. The fraction of sp³-hybridized carbons (Fsp3) is 0.154. The number of benzene rings is 3. The van der Waals surface area contributed by atoms with E-state index in [2.05, 4.69) is 0 Å². The van der Waals surface area contributed by atoms with Gasteiger partial charge in [-0.25, -0.2) is 4.90 Å². The summed E-state index contributed by atoms with van der Waals surface area (Å²) >= 11 is 1.40. The van der Waals surface area contributed by atoms with Gasteiger partial charge in [0.1, 0.15) is 5.75 Å². The predicted molar refractivity (Wildman–Crippen MR) is 126 cm³/mol. The van der Waals surface area contributed by atoms with Crippen LogP contribution in [0.2, 0.25) is 0 Å². The van der Waals surface area contributed by atoms with Crippen molar-refractivity contribution in [2.75, 3.05) is 11.5 Å². The highest BCUT2D eigenvalue weighted by Crippen LogP contribution is 2.42. The van der Waals surface area contributed by atoms with E-state index in [0.717, 1.165) is 16.7 Å². The minimum atomic E-state index is -0.323. The van der Waals surface area contributed by atoms with Crippen molar-refractivity contribution in [1.29, 1.82) is 0 Å². The third-order valence-corrected chi connectivity index (χ3v) is 6.16. The Morgan fingerprint density at radius 1 is 0.839 bits per heavy atom. The van der Waals surface area contributed by atoms with Crippen LogP contribution >= 0.6 is 11.8 Å². The molecule has 0 N–H and O–H groups in total. The highest BCUT2D eigenvalue weighted by atomic mass is 32.2. The van der Waals surface area contributed by atoms with Crippen LogP contribution in [0.4, 0.5) is 5.69 Å². The Morgan fingerprint density at radius 3 is 2.23 bits per heavy atom. The number of amides is 2. The number of nitrogens with zero attached hydrogens (tertiary/aromatic N) is 1.